The van der Waals surface area contributed by atoms with E-state index < -0.39 is 10.0 Å². The van der Waals surface area contributed by atoms with Crippen LogP contribution in [0.25, 0.3) is 0 Å². The molecule has 0 saturated carbocycles. The summed E-state index contributed by atoms with van der Waals surface area (Å²) < 4.78 is 27.6. The van der Waals surface area contributed by atoms with Gasteiger partial charge in [0, 0.05) is 12.0 Å². The number of sulfonamides is 1. The third kappa shape index (κ3) is 5.71. The lowest BCUT2D eigenvalue weighted by molar-refractivity contribution is -0.865. The van der Waals surface area contributed by atoms with Crippen LogP contribution in [-0.2, 0) is 15.4 Å². The second-order valence-electron chi connectivity index (χ2n) is 8.15. The van der Waals surface area contributed by atoms with Crippen LogP contribution in [0, 0.1) is 5.41 Å². The predicted octanol–water partition coefficient (Wildman–Crippen LogP) is 1.43. The molecule has 4 nitrogen and oxygen atoms in total. The molecule has 0 amide bonds. The Balaban J connectivity index is 2.83. The number of rotatable bonds is 6. The highest BCUT2D eigenvalue weighted by atomic mass is 32.2. The fraction of sp³-hybridized carbons (Fsp3) is 0.647. The van der Waals surface area contributed by atoms with Crippen LogP contribution in [0.5, 0.6) is 0 Å². The molecule has 126 valence electrons. The highest BCUT2D eigenvalue weighted by molar-refractivity contribution is 7.89. The van der Waals surface area contributed by atoms with Crippen molar-refractivity contribution in [2.24, 2.45) is 5.41 Å². The summed E-state index contributed by atoms with van der Waals surface area (Å²) in [5, 5.41) is 0. The molecule has 2 N–H and O–H groups in total. The maximum absolute atomic E-state index is 12.4. The van der Waals surface area contributed by atoms with Gasteiger partial charge in [0.25, 0.3) is 0 Å². The van der Waals surface area contributed by atoms with Crippen LogP contribution in [0.3, 0.4) is 0 Å². The highest BCUT2D eigenvalue weighted by Gasteiger charge is 2.25. The Bertz CT molecular complexity index is 582. The van der Waals surface area contributed by atoms with Crippen LogP contribution in [-0.4, -0.2) is 35.6 Å². The Hall–Kier alpha value is -0.910. The Labute approximate surface area is 136 Å². The molecule has 1 rings (SSSR count). The van der Waals surface area contributed by atoms with Crippen molar-refractivity contribution >= 4 is 10.0 Å². The molecule has 0 aliphatic carbocycles. The second-order valence-corrected chi connectivity index (χ2v) is 9.91. The van der Waals surface area contributed by atoms with E-state index in [4.69, 9.17) is 0 Å². The van der Waals surface area contributed by atoms with Crippen LogP contribution in [0.1, 0.15) is 40.2 Å². The minimum absolute atomic E-state index is 0.0200. The van der Waals surface area contributed by atoms with Crippen molar-refractivity contribution in [2.45, 2.75) is 44.9 Å². The van der Waals surface area contributed by atoms with Crippen LogP contribution in [0.15, 0.2) is 29.2 Å². The van der Waals surface area contributed by atoms with E-state index in [1.807, 2.05) is 12.1 Å². The van der Waals surface area contributed by atoms with Gasteiger partial charge in [0.05, 0.1) is 25.5 Å². The van der Waals surface area contributed by atoms with Crippen molar-refractivity contribution in [3.63, 3.8) is 0 Å². The molecule has 1 aromatic rings. The molecule has 0 heterocycles. The van der Waals surface area contributed by atoms with Gasteiger partial charge in [-0.1, -0.05) is 46.8 Å². The third-order valence-corrected chi connectivity index (χ3v) is 5.02. The zero-order chi connectivity index (χ0) is 17.2. The van der Waals surface area contributed by atoms with E-state index in [0.717, 1.165) is 12.1 Å². The van der Waals surface area contributed by atoms with Crippen LogP contribution < -0.4 is 9.62 Å². The summed E-state index contributed by atoms with van der Waals surface area (Å²) in [6, 6.07) is 7.16. The number of quaternary nitrogens is 1. The number of hydrogen-bond donors (Lipinski definition) is 2. The molecular weight excluding hydrogens is 296 g/mol. The first-order valence-electron chi connectivity index (χ1n) is 7.73. The maximum atomic E-state index is 12.4. The lowest BCUT2D eigenvalue weighted by atomic mass is 9.87. The summed E-state index contributed by atoms with van der Waals surface area (Å²) >= 11 is 0. The Morgan fingerprint density at radius 3 is 1.91 bits per heavy atom. The highest BCUT2D eigenvalue weighted by Crippen LogP contribution is 2.23. The largest absolute Gasteiger partial charge is 0.339 e. The minimum Gasteiger partial charge on any atom is -0.339 e. The van der Waals surface area contributed by atoms with E-state index in [9.17, 15) is 8.42 Å². The fourth-order valence-corrected chi connectivity index (χ4v) is 3.77. The van der Waals surface area contributed by atoms with Gasteiger partial charge in [0.2, 0.25) is 10.0 Å². The van der Waals surface area contributed by atoms with Crippen LogP contribution >= 0.6 is 0 Å². The summed E-state index contributed by atoms with van der Waals surface area (Å²) in [4.78, 5) is 1.63. The molecule has 0 aromatic heterocycles. The van der Waals surface area contributed by atoms with Gasteiger partial charge >= 0.3 is 0 Å². The predicted molar refractivity (Wildman–Crippen MR) is 91.8 cm³/mol. The van der Waals surface area contributed by atoms with E-state index in [0.29, 0.717) is 11.4 Å². The Kier molecular flexibility index (Phi) is 5.82. The molecule has 5 heteroatoms. The third-order valence-electron chi connectivity index (χ3n) is 3.60. The molecule has 0 atom stereocenters. The summed E-state index contributed by atoms with van der Waals surface area (Å²) in [7, 11) is 0.691. The first-order chi connectivity index (χ1) is 9.83. The van der Waals surface area contributed by atoms with Gasteiger partial charge in [-0.25, -0.2) is 13.1 Å². The maximum Gasteiger partial charge on any atom is 0.240 e. The molecule has 0 bridgehead atoms. The van der Waals surface area contributed by atoms with Crippen molar-refractivity contribution in [3.8, 4) is 0 Å². The molecule has 1 aromatic carbocycles. The van der Waals surface area contributed by atoms with Gasteiger partial charge in [-0.15, -0.1) is 0 Å². The van der Waals surface area contributed by atoms with Crippen molar-refractivity contribution in [1.82, 2.24) is 4.72 Å². The number of nitrogens with one attached hydrogen (secondary N) is 2. The smallest absolute Gasteiger partial charge is 0.240 e. The van der Waals surface area contributed by atoms with Gasteiger partial charge in [-0.2, -0.15) is 0 Å². The molecule has 0 unspecified atom stereocenters. The van der Waals surface area contributed by atoms with Gasteiger partial charge in [0.1, 0.15) is 0 Å². The lowest BCUT2D eigenvalue weighted by Crippen LogP contribution is -3.07. The van der Waals surface area contributed by atoms with E-state index in [2.05, 4.69) is 53.4 Å². The average Bonchev–Trinajstić information content (AvgIpc) is 2.34. The van der Waals surface area contributed by atoms with Crippen molar-refractivity contribution < 1.29 is 13.3 Å². The summed E-state index contributed by atoms with van der Waals surface area (Å²) in [5.41, 5.74) is 1.06. The normalized spacial score (nSPS) is 13.6. The van der Waals surface area contributed by atoms with Crippen molar-refractivity contribution in [1.29, 1.82) is 0 Å². The van der Waals surface area contributed by atoms with E-state index in [1.165, 1.54) is 4.90 Å². The molecule has 0 fully saturated rings. The van der Waals surface area contributed by atoms with Crippen molar-refractivity contribution in [2.75, 3.05) is 27.2 Å². The van der Waals surface area contributed by atoms with Gasteiger partial charge in [0.15, 0.2) is 0 Å². The van der Waals surface area contributed by atoms with E-state index in [1.54, 1.807) is 12.1 Å². The molecule has 0 spiro atoms. The quantitative estimate of drug-likeness (QED) is 0.830. The number of hydrogen-bond acceptors (Lipinski definition) is 2. The molecule has 0 radical (unpaired) electrons. The summed E-state index contributed by atoms with van der Waals surface area (Å²) in [6.07, 6.45) is 0. The van der Waals surface area contributed by atoms with Crippen LogP contribution in [0.4, 0.5) is 0 Å². The van der Waals surface area contributed by atoms with Gasteiger partial charge in [-0.05, 0) is 23.1 Å². The van der Waals surface area contributed by atoms with E-state index in [-0.39, 0.29) is 10.8 Å². The zero-order valence-corrected chi connectivity index (χ0v) is 15.8. The Morgan fingerprint density at radius 2 is 1.50 bits per heavy atom. The van der Waals surface area contributed by atoms with Crippen molar-refractivity contribution in [3.05, 3.63) is 29.8 Å². The lowest BCUT2D eigenvalue weighted by Gasteiger charge is -2.26. The topological polar surface area (TPSA) is 50.6 Å². The molecular formula is C17H31N2O2S+. The van der Waals surface area contributed by atoms with Gasteiger partial charge in [-0.3, -0.25) is 0 Å². The standard InChI is InChI=1S/C17H30N2O2S/c1-16(2,3)14-8-10-15(11-9-14)22(20,21)18-12-17(4,5)13-19(6)7/h8-11,18H,12-13H2,1-7H3/p+1. The fourth-order valence-electron chi connectivity index (χ4n) is 2.53. The first kappa shape index (κ1) is 19.1. The first-order valence-corrected chi connectivity index (χ1v) is 9.21. The molecule has 22 heavy (non-hydrogen) atoms. The molecule has 0 aliphatic heterocycles. The number of benzene rings is 1. The SMILES string of the molecule is C[NH+](C)CC(C)(C)CNS(=O)(=O)c1ccc(C(C)(C)C)cc1. The molecule has 0 saturated heterocycles. The summed E-state index contributed by atoms with van der Waals surface area (Å²) in [5.74, 6) is 0. The molecule has 0 aliphatic rings. The minimum atomic E-state index is -3.45. The van der Waals surface area contributed by atoms with Gasteiger partial charge < -0.3 is 4.90 Å². The Morgan fingerprint density at radius 1 is 1.00 bits per heavy atom. The van der Waals surface area contributed by atoms with E-state index >= 15 is 0 Å². The zero-order valence-electron chi connectivity index (χ0n) is 14.9. The monoisotopic (exact) mass is 327 g/mol. The second kappa shape index (κ2) is 6.69. The average molecular weight is 328 g/mol. The summed E-state index contributed by atoms with van der Waals surface area (Å²) in [6.45, 7) is 11.8. The van der Waals surface area contributed by atoms with Crippen LogP contribution in [0.2, 0.25) is 0 Å².